The molecule has 0 aromatic heterocycles. The van der Waals surface area contributed by atoms with E-state index < -0.39 is 5.97 Å². The second-order valence-corrected chi connectivity index (χ2v) is 6.25. The van der Waals surface area contributed by atoms with Crippen LogP contribution in [0.15, 0.2) is 0 Å². The minimum Gasteiger partial charge on any atom is -0.480 e. The predicted octanol–water partition coefficient (Wildman–Crippen LogP) is 1.70. The summed E-state index contributed by atoms with van der Waals surface area (Å²) >= 11 is 0. The standard InChI is InChI=1S/C15H26N2O4/c1-11-3-2-4-12(11)9-16-15(20)17-7-5-13(6-8-17)21-10-14(18)19/h11-13H,2-10H2,1H3,(H,16,20)(H,18,19). The summed E-state index contributed by atoms with van der Waals surface area (Å²) in [7, 11) is 0. The number of piperidine rings is 1. The van der Waals surface area contributed by atoms with Gasteiger partial charge in [-0.05, 0) is 31.1 Å². The van der Waals surface area contributed by atoms with Crippen LogP contribution in [0.25, 0.3) is 0 Å². The molecule has 6 nitrogen and oxygen atoms in total. The van der Waals surface area contributed by atoms with E-state index in [2.05, 4.69) is 12.2 Å². The average Bonchev–Trinajstić information content (AvgIpc) is 2.88. The lowest BCUT2D eigenvalue weighted by Crippen LogP contribution is -2.47. The summed E-state index contributed by atoms with van der Waals surface area (Å²) in [6, 6.07) is 0.00536. The first kappa shape index (κ1) is 16.1. The van der Waals surface area contributed by atoms with Crippen molar-refractivity contribution in [3.63, 3.8) is 0 Å². The van der Waals surface area contributed by atoms with E-state index in [0.717, 1.165) is 6.54 Å². The van der Waals surface area contributed by atoms with Crippen LogP contribution in [-0.2, 0) is 9.53 Å². The van der Waals surface area contributed by atoms with Gasteiger partial charge in [0.05, 0.1) is 6.10 Å². The molecule has 0 aromatic carbocycles. The van der Waals surface area contributed by atoms with Crippen molar-refractivity contribution < 1.29 is 19.4 Å². The Morgan fingerprint density at radius 3 is 2.52 bits per heavy atom. The fourth-order valence-electron chi connectivity index (χ4n) is 3.27. The third-order valence-corrected chi connectivity index (χ3v) is 4.73. The Balaban J connectivity index is 1.64. The number of ether oxygens (including phenoxy) is 1. The molecule has 2 rings (SSSR count). The molecular weight excluding hydrogens is 272 g/mol. The number of carboxylic acid groups (broad SMARTS) is 1. The van der Waals surface area contributed by atoms with Gasteiger partial charge in [0.15, 0.2) is 0 Å². The van der Waals surface area contributed by atoms with Crippen molar-refractivity contribution in [2.45, 2.75) is 45.1 Å². The summed E-state index contributed by atoms with van der Waals surface area (Å²) in [5.74, 6) is 0.381. The maximum absolute atomic E-state index is 12.1. The van der Waals surface area contributed by atoms with Gasteiger partial charge in [0.25, 0.3) is 0 Å². The highest BCUT2D eigenvalue weighted by molar-refractivity contribution is 5.74. The number of urea groups is 1. The van der Waals surface area contributed by atoms with Gasteiger partial charge in [-0.15, -0.1) is 0 Å². The van der Waals surface area contributed by atoms with Gasteiger partial charge >= 0.3 is 12.0 Å². The molecule has 0 radical (unpaired) electrons. The van der Waals surface area contributed by atoms with Crippen molar-refractivity contribution in [1.82, 2.24) is 10.2 Å². The third-order valence-electron chi connectivity index (χ3n) is 4.73. The fourth-order valence-corrected chi connectivity index (χ4v) is 3.27. The molecule has 1 aliphatic heterocycles. The molecule has 0 bridgehead atoms. The van der Waals surface area contributed by atoms with E-state index in [4.69, 9.17) is 9.84 Å². The number of carbonyl (C=O) groups excluding carboxylic acids is 1. The van der Waals surface area contributed by atoms with E-state index in [1.54, 1.807) is 4.90 Å². The largest absolute Gasteiger partial charge is 0.480 e. The average molecular weight is 298 g/mol. The quantitative estimate of drug-likeness (QED) is 0.809. The third kappa shape index (κ3) is 4.88. The molecular formula is C15H26N2O4. The van der Waals surface area contributed by atoms with Gasteiger partial charge in [0.2, 0.25) is 0 Å². The van der Waals surface area contributed by atoms with Crippen LogP contribution in [0.4, 0.5) is 4.79 Å². The number of rotatable bonds is 5. The zero-order chi connectivity index (χ0) is 15.2. The van der Waals surface area contributed by atoms with Crippen LogP contribution >= 0.6 is 0 Å². The number of nitrogens with zero attached hydrogens (tertiary/aromatic N) is 1. The summed E-state index contributed by atoms with van der Waals surface area (Å²) in [5, 5.41) is 11.6. The van der Waals surface area contributed by atoms with Crippen LogP contribution in [0.2, 0.25) is 0 Å². The molecule has 2 aliphatic rings. The molecule has 1 saturated heterocycles. The monoisotopic (exact) mass is 298 g/mol. The fraction of sp³-hybridized carbons (Fsp3) is 0.867. The van der Waals surface area contributed by atoms with Crippen molar-refractivity contribution in [2.75, 3.05) is 26.2 Å². The van der Waals surface area contributed by atoms with E-state index in [0.29, 0.717) is 37.8 Å². The molecule has 120 valence electrons. The number of nitrogens with one attached hydrogen (secondary N) is 1. The van der Waals surface area contributed by atoms with Crippen molar-refractivity contribution >= 4 is 12.0 Å². The van der Waals surface area contributed by atoms with Crippen molar-refractivity contribution in [2.24, 2.45) is 11.8 Å². The Kier molecular flexibility index (Phi) is 5.85. The Morgan fingerprint density at radius 2 is 1.95 bits per heavy atom. The van der Waals surface area contributed by atoms with Crippen molar-refractivity contribution in [3.8, 4) is 0 Å². The molecule has 21 heavy (non-hydrogen) atoms. The molecule has 1 saturated carbocycles. The normalized spacial score (nSPS) is 26.8. The Morgan fingerprint density at radius 1 is 1.24 bits per heavy atom. The first-order valence-electron chi connectivity index (χ1n) is 7.92. The van der Waals surface area contributed by atoms with Crippen LogP contribution < -0.4 is 5.32 Å². The molecule has 6 heteroatoms. The van der Waals surface area contributed by atoms with Gasteiger partial charge in [-0.3, -0.25) is 0 Å². The van der Waals surface area contributed by atoms with Crippen LogP contribution in [-0.4, -0.2) is 54.4 Å². The maximum atomic E-state index is 12.1. The highest BCUT2D eigenvalue weighted by atomic mass is 16.5. The van der Waals surface area contributed by atoms with Crippen LogP contribution in [0, 0.1) is 11.8 Å². The van der Waals surface area contributed by atoms with Gasteiger partial charge in [0.1, 0.15) is 6.61 Å². The SMILES string of the molecule is CC1CCCC1CNC(=O)N1CCC(OCC(=O)O)CC1. The lowest BCUT2D eigenvalue weighted by molar-refractivity contribution is -0.145. The molecule has 1 heterocycles. The number of hydrogen-bond acceptors (Lipinski definition) is 3. The number of hydrogen-bond donors (Lipinski definition) is 2. The number of amides is 2. The lowest BCUT2D eigenvalue weighted by Gasteiger charge is -2.32. The van der Waals surface area contributed by atoms with Crippen LogP contribution in [0.1, 0.15) is 39.0 Å². The topological polar surface area (TPSA) is 78.9 Å². The number of aliphatic carboxylic acids is 1. The zero-order valence-corrected chi connectivity index (χ0v) is 12.7. The van der Waals surface area contributed by atoms with Gasteiger partial charge in [-0.25, -0.2) is 9.59 Å². The van der Waals surface area contributed by atoms with E-state index in [1.165, 1.54) is 19.3 Å². The number of carbonyl (C=O) groups is 2. The van der Waals surface area contributed by atoms with Gasteiger partial charge in [-0.2, -0.15) is 0 Å². The smallest absolute Gasteiger partial charge is 0.329 e. The predicted molar refractivity (Wildman–Crippen MR) is 78.1 cm³/mol. The first-order chi connectivity index (χ1) is 10.1. The minimum absolute atomic E-state index is 0.00536. The highest BCUT2D eigenvalue weighted by Gasteiger charge is 2.26. The highest BCUT2D eigenvalue weighted by Crippen LogP contribution is 2.30. The summed E-state index contributed by atoms with van der Waals surface area (Å²) < 4.78 is 5.27. The van der Waals surface area contributed by atoms with Crippen molar-refractivity contribution in [1.29, 1.82) is 0 Å². The molecule has 2 N–H and O–H groups in total. The molecule has 2 amide bonds. The van der Waals surface area contributed by atoms with E-state index in [-0.39, 0.29) is 18.7 Å². The van der Waals surface area contributed by atoms with Gasteiger partial charge in [-0.1, -0.05) is 19.8 Å². The van der Waals surface area contributed by atoms with Crippen LogP contribution in [0.3, 0.4) is 0 Å². The zero-order valence-electron chi connectivity index (χ0n) is 12.7. The Labute approximate surface area is 125 Å². The van der Waals surface area contributed by atoms with E-state index >= 15 is 0 Å². The maximum Gasteiger partial charge on any atom is 0.329 e. The summed E-state index contributed by atoms with van der Waals surface area (Å²) in [6.45, 7) is 4.05. The molecule has 0 spiro atoms. The number of likely N-dealkylation sites (tertiary alicyclic amines) is 1. The van der Waals surface area contributed by atoms with E-state index in [9.17, 15) is 9.59 Å². The summed E-state index contributed by atoms with van der Waals surface area (Å²) in [6.07, 6.45) is 5.13. The molecule has 2 atom stereocenters. The molecule has 2 unspecified atom stereocenters. The van der Waals surface area contributed by atoms with Gasteiger partial charge in [0, 0.05) is 19.6 Å². The molecule has 2 fully saturated rings. The van der Waals surface area contributed by atoms with Crippen LogP contribution in [0.5, 0.6) is 0 Å². The van der Waals surface area contributed by atoms with E-state index in [1.807, 2.05) is 0 Å². The first-order valence-corrected chi connectivity index (χ1v) is 7.92. The van der Waals surface area contributed by atoms with Crippen molar-refractivity contribution in [3.05, 3.63) is 0 Å². The second kappa shape index (κ2) is 7.64. The second-order valence-electron chi connectivity index (χ2n) is 6.25. The Hall–Kier alpha value is -1.30. The van der Waals surface area contributed by atoms with Gasteiger partial charge < -0.3 is 20.1 Å². The number of carboxylic acids is 1. The minimum atomic E-state index is -0.944. The summed E-state index contributed by atoms with van der Waals surface area (Å²) in [4.78, 5) is 24.4. The Bertz CT molecular complexity index is 367. The molecule has 1 aliphatic carbocycles. The molecule has 0 aromatic rings. The summed E-state index contributed by atoms with van der Waals surface area (Å²) in [5.41, 5.74) is 0. The lowest BCUT2D eigenvalue weighted by atomic mass is 9.98.